The fourth-order valence-corrected chi connectivity index (χ4v) is 4.75. The third-order valence-electron chi connectivity index (χ3n) is 6.41. The number of rotatable bonds is 12. The van der Waals surface area contributed by atoms with Crippen molar-refractivity contribution in [3.63, 3.8) is 0 Å². The summed E-state index contributed by atoms with van der Waals surface area (Å²) in [4.78, 5) is 5.15. The second-order valence-corrected chi connectivity index (χ2v) is 9.66. The van der Waals surface area contributed by atoms with E-state index in [9.17, 15) is 5.26 Å². The second-order valence-electron chi connectivity index (χ2n) is 8.85. The number of nitriles is 1. The molecule has 0 aromatic heterocycles. The lowest BCUT2D eigenvalue weighted by Crippen LogP contribution is -2.46. The van der Waals surface area contributed by atoms with Crippen LogP contribution in [0.2, 0.25) is 0 Å². The molecule has 0 aromatic carbocycles. The van der Waals surface area contributed by atoms with E-state index in [2.05, 4.69) is 27.8 Å². The first kappa shape index (κ1) is 28.4. The lowest BCUT2D eigenvalue weighted by Gasteiger charge is -2.40. The van der Waals surface area contributed by atoms with Gasteiger partial charge in [0.25, 0.3) is 0 Å². The Morgan fingerprint density at radius 1 is 1.15 bits per heavy atom. The minimum absolute atomic E-state index is 0.0433. The van der Waals surface area contributed by atoms with Gasteiger partial charge in [0.05, 0.1) is 0 Å². The van der Waals surface area contributed by atoms with Crippen LogP contribution in [0, 0.1) is 16.7 Å². The number of hydrogen-bond acceptors (Lipinski definition) is 5. The van der Waals surface area contributed by atoms with Crippen LogP contribution in [0.5, 0.6) is 0 Å². The highest BCUT2D eigenvalue weighted by molar-refractivity contribution is 6.31. The summed E-state index contributed by atoms with van der Waals surface area (Å²) in [7, 11) is 0. The van der Waals surface area contributed by atoms with Gasteiger partial charge in [0.2, 0.25) is 0 Å². The predicted octanol–water partition coefficient (Wildman–Crippen LogP) is 5.76. The van der Waals surface area contributed by atoms with Crippen molar-refractivity contribution >= 4 is 28.9 Å². The van der Waals surface area contributed by atoms with Crippen molar-refractivity contribution in [1.82, 2.24) is 15.1 Å². The number of halogens is 2. The molecule has 0 unspecified atom stereocenters. The highest BCUT2D eigenvalue weighted by Gasteiger charge is 2.25. The number of piperidine rings is 2. The van der Waals surface area contributed by atoms with Crippen molar-refractivity contribution in [2.24, 2.45) is 0 Å². The molecule has 5 nitrogen and oxygen atoms in total. The maximum absolute atomic E-state index is 9.30. The average Bonchev–Trinajstić information content (AvgIpc) is 2.88. The molecule has 0 bridgehead atoms. The van der Waals surface area contributed by atoms with Gasteiger partial charge in [0, 0.05) is 41.3 Å². The van der Waals surface area contributed by atoms with E-state index in [-0.39, 0.29) is 5.71 Å². The predicted molar refractivity (Wildman–Crippen MR) is 146 cm³/mol. The third-order valence-corrected chi connectivity index (χ3v) is 6.91. The van der Waals surface area contributed by atoms with Gasteiger partial charge in [0.1, 0.15) is 11.8 Å². The van der Waals surface area contributed by atoms with E-state index in [0.717, 1.165) is 43.4 Å². The summed E-state index contributed by atoms with van der Waals surface area (Å²) in [5.41, 5.74) is 2.22. The van der Waals surface area contributed by atoms with Crippen LogP contribution >= 0.6 is 23.2 Å². The monoisotopic (exact) mass is 503 g/mol. The Labute approximate surface area is 216 Å². The highest BCUT2D eigenvalue weighted by atomic mass is 35.5. The van der Waals surface area contributed by atoms with Crippen LogP contribution in [0.4, 0.5) is 0 Å². The molecule has 2 heterocycles. The molecule has 0 saturated carbocycles. The SMILES string of the molecule is C=C(/C=C\C(Cl)=C/CCCl)CNC(=C/CN1CCC(N2CCCCC2)CC1)/C(=C\C)C(=N)C#N. The van der Waals surface area contributed by atoms with Crippen molar-refractivity contribution in [2.45, 2.75) is 51.5 Å². The molecule has 2 rings (SSSR count). The van der Waals surface area contributed by atoms with Gasteiger partial charge < -0.3 is 10.2 Å². The molecule has 34 heavy (non-hydrogen) atoms. The Hall–Kier alpha value is -1.84. The van der Waals surface area contributed by atoms with E-state index < -0.39 is 0 Å². The summed E-state index contributed by atoms with van der Waals surface area (Å²) in [6, 6.07) is 2.69. The molecule has 0 spiro atoms. The number of likely N-dealkylation sites (tertiary alicyclic amines) is 2. The highest BCUT2D eigenvalue weighted by Crippen LogP contribution is 2.21. The van der Waals surface area contributed by atoms with E-state index in [4.69, 9.17) is 28.6 Å². The minimum Gasteiger partial charge on any atom is -0.381 e. The van der Waals surface area contributed by atoms with E-state index in [1.807, 2.05) is 37.3 Å². The molecule has 7 heteroatoms. The summed E-state index contributed by atoms with van der Waals surface area (Å²) in [6.07, 6.45) is 16.7. The first-order valence-corrected chi connectivity index (χ1v) is 13.2. The van der Waals surface area contributed by atoms with Gasteiger partial charge in [-0.3, -0.25) is 10.3 Å². The lowest BCUT2D eigenvalue weighted by molar-refractivity contribution is 0.0973. The zero-order valence-corrected chi connectivity index (χ0v) is 22.0. The molecule has 0 atom stereocenters. The molecule has 2 aliphatic rings. The van der Waals surface area contributed by atoms with Gasteiger partial charge in [-0.1, -0.05) is 42.8 Å². The summed E-state index contributed by atoms with van der Waals surface area (Å²) >= 11 is 11.8. The topological polar surface area (TPSA) is 66.2 Å². The lowest BCUT2D eigenvalue weighted by atomic mass is 9.99. The van der Waals surface area contributed by atoms with Crippen LogP contribution in [0.1, 0.15) is 45.4 Å². The van der Waals surface area contributed by atoms with Gasteiger partial charge in [-0.05, 0) is 82.9 Å². The first-order chi connectivity index (χ1) is 16.5. The maximum atomic E-state index is 9.30. The zero-order valence-electron chi connectivity index (χ0n) is 20.5. The molecule has 2 fully saturated rings. The van der Waals surface area contributed by atoms with Crippen molar-refractivity contribution in [3.8, 4) is 6.07 Å². The standard InChI is InChI=1S/C27H39Cl2N5/c1-3-25(26(31)20-30)27(32-21-22(2)9-10-23(29)8-7-14-28)13-19-33-17-11-24(12-18-33)34-15-5-4-6-16-34/h3,8-10,13,24,31-32H,2,4-7,11-12,14-19,21H2,1H3/b10-9-,23-8+,25-3-,27-13+,31-26?. The molecule has 2 saturated heterocycles. The van der Waals surface area contributed by atoms with Crippen molar-refractivity contribution in [1.29, 1.82) is 10.7 Å². The fourth-order valence-electron chi connectivity index (χ4n) is 4.47. The van der Waals surface area contributed by atoms with Crippen molar-refractivity contribution < 1.29 is 0 Å². The number of nitrogens with zero attached hydrogens (tertiary/aromatic N) is 3. The second kappa shape index (κ2) is 15.9. The molecule has 2 N–H and O–H groups in total. The Balaban J connectivity index is 1.96. The van der Waals surface area contributed by atoms with E-state index in [1.165, 1.54) is 45.2 Å². The van der Waals surface area contributed by atoms with Crippen molar-refractivity contribution in [3.05, 3.63) is 58.8 Å². The van der Waals surface area contributed by atoms with Crippen LogP contribution in [-0.4, -0.2) is 66.7 Å². The fraction of sp³-hybridized carbons (Fsp3) is 0.556. The number of alkyl halides is 1. The Morgan fingerprint density at radius 2 is 1.85 bits per heavy atom. The van der Waals surface area contributed by atoms with Gasteiger partial charge in [-0.15, -0.1) is 11.6 Å². The normalized spacial score (nSPS) is 19.9. The summed E-state index contributed by atoms with van der Waals surface area (Å²) in [6.45, 7) is 11.9. The number of nitrogens with one attached hydrogen (secondary N) is 2. The molecule has 0 aliphatic carbocycles. The average molecular weight is 505 g/mol. The van der Waals surface area contributed by atoms with E-state index in [1.54, 1.807) is 0 Å². The van der Waals surface area contributed by atoms with Crippen LogP contribution in [0.15, 0.2) is 58.8 Å². The quantitative estimate of drug-likeness (QED) is 0.201. The van der Waals surface area contributed by atoms with Crippen LogP contribution < -0.4 is 5.32 Å². The summed E-state index contributed by atoms with van der Waals surface area (Å²) in [5.74, 6) is 0.535. The van der Waals surface area contributed by atoms with Gasteiger partial charge in [-0.25, -0.2) is 0 Å². The molecule has 0 aromatic rings. The van der Waals surface area contributed by atoms with Crippen molar-refractivity contribution in [2.75, 3.05) is 45.1 Å². The smallest absolute Gasteiger partial charge is 0.141 e. The molecule has 186 valence electrons. The molecule has 0 amide bonds. The Bertz CT molecular complexity index is 836. The summed E-state index contributed by atoms with van der Waals surface area (Å²) in [5, 5.41) is 21.4. The number of allylic oxidation sites excluding steroid dienone is 5. The number of hydrogen-bond donors (Lipinski definition) is 2. The van der Waals surface area contributed by atoms with Gasteiger partial charge >= 0.3 is 0 Å². The molecular weight excluding hydrogens is 465 g/mol. The van der Waals surface area contributed by atoms with E-state index >= 15 is 0 Å². The van der Waals surface area contributed by atoms with Crippen LogP contribution in [-0.2, 0) is 0 Å². The summed E-state index contributed by atoms with van der Waals surface area (Å²) < 4.78 is 0. The van der Waals surface area contributed by atoms with Gasteiger partial charge in [0.15, 0.2) is 0 Å². The van der Waals surface area contributed by atoms with E-state index in [0.29, 0.717) is 23.0 Å². The van der Waals surface area contributed by atoms with Gasteiger partial charge in [-0.2, -0.15) is 5.26 Å². The molecular formula is C27H39Cl2N5. The van der Waals surface area contributed by atoms with Crippen LogP contribution in [0.25, 0.3) is 0 Å². The Morgan fingerprint density at radius 3 is 2.47 bits per heavy atom. The minimum atomic E-state index is -0.0433. The molecule has 0 radical (unpaired) electrons. The Kier molecular flexibility index (Phi) is 13.3. The molecule has 2 aliphatic heterocycles. The first-order valence-electron chi connectivity index (χ1n) is 12.3. The zero-order chi connectivity index (χ0) is 24.8. The third kappa shape index (κ3) is 9.80. The largest absolute Gasteiger partial charge is 0.381 e. The van der Waals surface area contributed by atoms with Crippen LogP contribution in [0.3, 0.4) is 0 Å². The maximum Gasteiger partial charge on any atom is 0.141 e.